The van der Waals surface area contributed by atoms with Gasteiger partial charge in [0.05, 0.1) is 12.1 Å². The highest BCUT2D eigenvalue weighted by molar-refractivity contribution is 6.35. The molecule has 0 unspecified atom stereocenters. The molecule has 42 heavy (non-hydrogen) atoms. The third-order valence-corrected chi connectivity index (χ3v) is 9.11. The maximum atomic E-state index is 13.7. The number of Topliss-reactive ketones (excluding diaryl/α,β-unsaturated/α-hetero) is 2. The molecule has 1 aliphatic heterocycles. The quantitative estimate of drug-likeness (QED) is 0.264. The monoisotopic (exact) mass is 621 g/mol. The molecule has 0 saturated heterocycles. The number of allylic oxidation sites excluding steroid dienone is 4. The standard InChI is InChI=1S/C34H30Cl3NO4/c1-41-30-16-22(15-25(37)34(30)42-19-21-13-14-23(35)17-24(21)36)31-32-26(9-5-11-28(32)39)38(18-20-7-3-2-4-8-20)27-10-6-12-29(40)33(27)31/h2-4,7-8,13-17,31H,5-6,9-12,18-19H2,1H3. The zero-order valence-electron chi connectivity index (χ0n) is 23.2. The van der Waals surface area contributed by atoms with Gasteiger partial charge in [0.2, 0.25) is 0 Å². The van der Waals surface area contributed by atoms with Crippen molar-refractivity contribution in [1.82, 2.24) is 4.90 Å². The highest BCUT2D eigenvalue weighted by atomic mass is 35.5. The molecule has 5 nitrogen and oxygen atoms in total. The summed E-state index contributed by atoms with van der Waals surface area (Å²) in [5.41, 5.74) is 6.06. The normalized spacial score (nSPS) is 17.4. The fourth-order valence-corrected chi connectivity index (χ4v) is 7.08. The molecule has 6 rings (SSSR count). The predicted molar refractivity (Wildman–Crippen MR) is 165 cm³/mol. The van der Waals surface area contributed by atoms with Crippen molar-refractivity contribution >= 4 is 46.4 Å². The van der Waals surface area contributed by atoms with Crippen LogP contribution in [0.3, 0.4) is 0 Å². The summed E-state index contributed by atoms with van der Waals surface area (Å²) in [6, 6.07) is 19.1. The number of nitrogens with zero attached hydrogens (tertiary/aromatic N) is 1. The van der Waals surface area contributed by atoms with E-state index in [1.807, 2.05) is 24.3 Å². The van der Waals surface area contributed by atoms with Crippen LogP contribution in [0.5, 0.6) is 11.5 Å². The minimum Gasteiger partial charge on any atom is -0.493 e. The number of hydrogen-bond donors (Lipinski definition) is 0. The van der Waals surface area contributed by atoms with Crippen molar-refractivity contribution in [2.24, 2.45) is 0 Å². The van der Waals surface area contributed by atoms with E-state index in [0.717, 1.165) is 53.8 Å². The van der Waals surface area contributed by atoms with E-state index >= 15 is 0 Å². The number of ether oxygens (including phenoxy) is 2. The van der Waals surface area contributed by atoms with Gasteiger partial charge >= 0.3 is 0 Å². The number of methoxy groups -OCH3 is 1. The third kappa shape index (κ3) is 5.46. The fourth-order valence-electron chi connectivity index (χ4n) is 6.34. The van der Waals surface area contributed by atoms with E-state index in [1.165, 1.54) is 0 Å². The number of carbonyl (C=O) groups is 2. The summed E-state index contributed by atoms with van der Waals surface area (Å²) < 4.78 is 11.8. The molecule has 1 heterocycles. The lowest BCUT2D eigenvalue weighted by Crippen LogP contribution is -2.38. The lowest BCUT2D eigenvalue weighted by molar-refractivity contribution is -0.117. The smallest absolute Gasteiger partial charge is 0.180 e. The molecule has 3 aliphatic rings. The van der Waals surface area contributed by atoms with Crippen molar-refractivity contribution < 1.29 is 19.1 Å². The molecule has 0 spiro atoms. The highest BCUT2D eigenvalue weighted by Crippen LogP contribution is 2.51. The van der Waals surface area contributed by atoms with E-state index in [1.54, 1.807) is 31.4 Å². The zero-order chi connectivity index (χ0) is 29.4. The summed E-state index contributed by atoms with van der Waals surface area (Å²) in [6.07, 6.45) is 4.05. The van der Waals surface area contributed by atoms with Gasteiger partial charge in [-0.15, -0.1) is 0 Å². The Hall–Kier alpha value is -3.25. The van der Waals surface area contributed by atoms with Crippen LogP contribution in [-0.2, 0) is 22.7 Å². The number of ketones is 2. The van der Waals surface area contributed by atoms with Crippen LogP contribution in [0.15, 0.2) is 83.2 Å². The summed E-state index contributed by atoms with van der Waals surface area (Å²) in [6.45, 7) is 0.779. The topological polar surface area (TPSA) is 55.8 Å². The van der Waals surface area contributed by atoms with E-state index in [0.29, 0.717) is 57.1 Å². The molecular weight excluding hydrogens is 593 g/mol. The maximum Gasteiger partial charge on any atom is 0.180 e. The second-order valence-corrected chi connectivity index (χ2v) is 12.1. The van der Waals surface area contributed by atoms with Gasteiger partial charge in [-0.25, -0.2) is 0 Å². The minimum absolute atomic E-state index is 0.0806. The lowest BCUT2D eigenvalue weighted by atomic mass is 9.71. The molecule has 0 fully saturated rings. The Morgan fingerprint density at radius 1 is 0.810 bits per heavy atom. The molecule has 0 atom stereocenters. The van der Waals surface area contributed by atoms with Crippen LogP contribution in [0.1, 0.15) is 61.1 Å². The Kier molecular flexibility index (Phi) is 8.35. The molecule has 0 radical (unpaired) electrons. The summed E-state index contributed by atoms with van der Waals surface area (Å²) in [7, 11) is 1.55. The van der Waals surface area contributed by atoms with E-state index in [2.05, 4.69) is 17.0 Å². The summed E-state index contributed by atoms with van der Waals surface area (Å²) >= 11 is 19.2. The van der Waals surface area contributed by atoms with Gasteiger partial charge in [0, 0.05) is 63.5 Å². The van der Waals surface area contributed by atoms with Gasteiger partial charge in [-0.2, -0.15) is 0 Å². The van der Waals surface area contributed by atoms with E-state index in [4.69, 9.17) is 44.3 Å². The zero-order valence-corrected chi connectivity index (χ0v) is 25.5. The SMILES string of the molecule is COc1cc(C2C3=C(CCCC3=O)N(Cc3ccccc3)C3=C2C(=O)CCC3)cc(Cl)c1OCc1ccc(Cl)cc1Cl. The first kappa shape index (κ1) is 28.9. The fraction of sp³-hybridized carbons (Fsp3) is 0.294. The molecule has 0 bridgehead atoms. The van der Waals surface area contributed by atoms with Crippen molar-refractivity contribution in [2.75, 3.05) is 7.11 Å². The third-order valence-electron chi connectivity index (χ3n) is 8.24. The second kappa shape index (κ2) is 12.2. The average molecular weight is 623 g/mol. The van der Waals surface area contributed by atoms with Gasteiger partial charge in [-0.3, -0.25) is 9.59 Å². The molecule has 0 aromatic heterocycles. The lowest BCUT2D eigenvalue weighted by Gasteiger charge is -2.44. The van der Waals surface area contributed by atoms with Crippen molar-refractivity contribution in [1.29, 1.82) is 0 Å². The van der Waals surface area contributed by atoms with Crippen LogP contribution >= 0.6 is 34.8 Å². The van der Waals surface area contributed by atoms with E-state index < -0.39 is 5.92 Å². The predicted octanol–water partition coefficient (Wildman–Crippen LogP) is 8.85. The van der Waals surface area contributed by atoms with Crippen LogP contribution in [0, 0.1) is 0 Å². The molecule has 8 heteroatoms. The first-order valence-electron chi connectivity index (χ1n) is 14.1. The molecule has 0 amide bonds. The molecule has 3 aromatic rings. The van der Waals surface area contributed by atoms with Gasteiger partial charge in [-0.1, -0.05) is 71.2 Å². The number of carbonyl (C=O) groups excluding carboxylic acids is 2. The number of rotatable bonds is 7. The Morgan fingerprint density at radius 2 is 1.48 bits per heavy atom. The minimum atomic E-state index is -0.506. The van der Waals surface area contributed by atoms with Gasteiger partial charge in [0.25, 0.3) is 0 Å². The Balaban J connectivity index is 1.43. The van der Waals surface area contributed by atoms with Crippen LogP contribution in [0.2, 0.25) is 15.1 Å². The molecule has 2 aliphatic carbocycles. The van der Waals surface area contributed by atoms with Crippen molar-refractivity contribution in [3.8, 4) is 11.5 Å². The first-order chi connectivity index (χ1) is 20.4. The molecule has 216 valence electrons. The van der Waals surface area contributed by atoms with Gasteiger partial charge in [0.15, 0.2) is 23.1 Å². The van der Waals surface area contributed by atoms with Crippen molar-refractivity contribution in [2.45, 2.75) is 57.6 Å². The van der Waals surface area contributed by atoms with Crippen LogP contribution < -0.4 is 9.47 Å². The Labute approximate surface area is 260 Å². The summed E-state index contributed by atoms with van der Waals surface area (Å²) in [5.74, 6) is 0.441. The second-order valence-electron chi connectivity index (χ2n) is 10.8. The maximum absolute atomic E-state index is 13.7. The molecule has 0 N–H and O–H groups in total. The van der Waals surface area contributed by atoms with Crippen molar-refractivity contribution in [3.05, 3.63) is 115 Å². The molecular formula is C34H30Cl3NO4. The van der Waals surface area contributed by atoms with Gasteiger partial charge in [0.1, 0.15) is 6.61 Å². The largest absolute Gasteiger partial charge is 0.493 e. The van der Waals surface area contributed by atoms with Crippen LogP contribution in [-0.4, -0.2) is 23.6 Å². The van der Waals surface area contributed by atoms with E-state index in [9.17, 15) is 9.59 Å². The average Bonchev–Trinajstić information content (AvgIpc) is 2.98. The number of hydrogen-bond acceptors (Lipinski definition) is 5. The van der Waals surface area contributed by atoms with Crippen molar-refractivity contribution in [3.63, 3.8) is 0 Å². The highest BCUT2D eigenvalue weighted by Gasteiger charge is 2.43. The van der Waals surface area contributed by atoms with Gasteiger partial charge in [-0.05, 0) is 61.1 Å². The van der Waals surface area contributed by atoms with Crippen LogP contribution in [0.25, 0.3) is 0 Å². The van der Waals surface area contributed by atoms with Gasteiger partial charge < -0.3 is 14.4 Å². The number of halogens is 3. The van der Waals surface area contributed by atoms with Crippen LogP contribution in [0.4, 0.5) is 0 Å². The first-order valence-corrected chi connectivity index (χ1v) is 15.3. The number of benzene rings is 3. The summed E-state index contributed by atoms with van der Waals surface area (Å²) in [5, 5.41) is 1.36. The Bertz CT molecular complexity index is 1590. The summed E-state index contributed by atoms with van der Waals surface area (Å²) in [4.78, 5) is 29.6. The Morgan fingerprint density at radius 3 is 2.10 bits per heavy atom. The molecule has 0 saturated carbocycles. The molecule has 3 aromatic carbocycles. The van der Waals surface area contributed by atoms with E-state index in [-0.39, 0.29) is 18.2 Å².